The Hall–Kier alpha value is -0.690. The summed E-state index contributed by atoms with van der Waals surface area (Å²) in [6.45, 7) is 4.01. The Morgan fingerprint density at radius 1 is 1.37 bits per heavy atom. The Morgan fingerprint density at radius 3 is 2.58 bits per heavy atom. The zero-order valence-electron chi connectivity index (χ0n) is 11.5. The molecule has 6 heteroatoms. The molecule has 0 aromatic carbocycles. The van der Waals surface area contributed by atoms with Crippen LogP contribution in [0.4, 0.5) is 0 Å². The van der Waals surface area contributed by atoms with Crippen LogP contribution in [-0.2, 0) is 14.3 Å². The molecule has 2 aliphatic heterocycles. The molecule has 0 saturated carbocycles. The van der Waals surface area contributed by atoms with Crippen molar-refractivity contribution in [2.24, 2.45) is 11.1 Å². The lowest BCUT2D eigenvalue weighted by Crippen LogP contribution is -2.54. The first-order valence-corrected chi connectivity index (χ1v) is 6.93. The zero-order valence-corrected chi connectivity index (χ0v) is 11.5. The molecule has 2 fully saturated rings. The lowest BCUT2D eigenvalue weighted by atomic mass is 9.79. The Kier molecular flexibility index (Phi) is 4.45. The summed E-state index contributed by atoms with van der Waals surface area (Å²) in [6, 6.07) is 0. The van der Waals surface area contributed by atoms with Gasteiger partial charge in [0, 0.05) is 39.3 Å². The van der Waals surface area contributed by atoms with Gasteiger partial charge in [0.15, 0.2) is 0 Å². The fourth-order valence-electron chi connectivity index (χ4n) is 2.71. The van der Waals surface area contributed by atoms with E-state index in [1.54, 1.807) is 0 Å². The average molecular weight is 272 g/mol. The Bertz CT molecular complexity index is 331. The van der Waals surface area contributed by atoms with Crippen molar-refractivity contribution in [1.29, 1.82) is 0 Å². The van der Waals surface area contributed by atoms with Crippen LogP contribution in [0.3, 0.4) is 0 Å². The van der Waals surface area contributed by atoms with E-state index in [4.69, 9.17) is 15.2 Å². The highest BCUT2D eigenvalue weighted by atomic mass is 16.5. The number of nitrogens with two attached hydrogens (primary N) is 1. The van der Waals surface area contributed by atoms with E-state index in [1.165, 1.54) is 0 Å². The predicted octanol–water partition coefficient (Wildman–Crippen LogP) is -0.602. The van der Waals surface area contributed by atoms with E-state index in [9.17, 15) is 9.90 Å². The van der Waals surface area contributed by atoms with Crippen LogP contribution in [0.25, 0.3) is 0 Å². The molecule has 1 amide bonds. The van der Waals surface area contributed by atoms with Gasteiger partial charge in [-0.1, -0.05) is 0 Å². The van der Waals surface area contributed by atoms with Crippen LogP contribution < -0.4 is 11.1 Å². The number of hydrogen-bond acceptors (Lipinski definition) is 5. The molecule has 0 radical (unpaired) electrons. The Labute approximate surface area is 113 Å². The molecule has 6 nitrogen and oxygen atoms in total. The molecule has 0 aromatic rings. The molecule has 2 rings (SSSR count). The fourth-order valence-corrected chi connectivity index (χ4v) is 2.71. The Balaban J connectivity index is 1.93. The van der Waals surface area contributed by atoms with Gasteiger partial charge in [0.1, 0.15) is 5.60 Å². The molecule has 0 bridgehead atoms. The molecule has 0 aromatic heterocycles. The van der Waals surface area contributed by atoms with Crippen LogP contribution >= 0.6 is 0 Å². The van der Waals surface area contributed by atoms with Crippen molar-refractivity contribution in [3.8, 4) is 0 Å². The van der Waals surface area contributed by atoms with Crippen molar-refractivity contribution in [2.75, 3.05) is 32.9 Å². The topological polar surface area (TPSA) is 93.8 Å². The molecular weight excluding hydrogens is 248 g/mol. The van der Waals surface area contributed by atoms with Crippen molar-refractivity contribution >= 4 is 5.91 Å². The van der Waals surface area contributed by atoms with Crippen LogP contribution in [0, 0.1) is 5.41 Å². The molecule has 0 spiro atoms. The van der Waals surface area contributed by atoms with Crippen LogP contribution in [0.15, 0.2) is 0 Å². The van der Waals surface area contributed by atoms with E-state index in [0.29, 0.717) is 45.6 Å². The molecule has 19 heavy (non-hydrogen) atoms. The highest BCUT2D eigenvalue weighted by molar-refractivity contribution is 5.83. The smallest absolute Gasteiger partial charge is 0.227 e. The first kappa shape index (κ1) is 14.7. The quantitative estimate of drug-likeness (QED) is 0.635. The van der Waals surface area contributed by atoms with Gasteiger partial charge in [0.05, 0.1) is 11.5 Å². The van der Waals surface area contributed by atoms with E-state index in [-0.39, 0.29) is 18.6 Å². The van der Waals surface area contributed by atoms with Gasteiger partial charge in [-0.05, 0) is 19.8 Å². The van der Waals surface area contributed by atoms with Crippen LogP contribution in [0.5, 0.6) is 0 Å². The third-order valence-electron chi connectivity index (χ3n) is 4.54. The average Bonchev–Trinajstić information content (AvgIpc) is 2.77. The molecule has 2 aliphatic rings. The number of aliphatic hydroxyl groups is 1. The zero-order chi connectivity index (χ0) is 13.9. The SMILES string of the molecule is CC1OCCC1(O)CNC(=O)C1(CN)CCOCC1. The Morgan fingerprint density at radius 2 is 2.05 bits per heavy atom. The third kappa shape index (κ3) is 2.91. The van der Waals surface area contributed by atoms with Gasteiger partial charge in [-0.25, -0.2) is 0 Å². The van der Waals surface area contributed by atoms with Gasteiger partial charge < -0.3 is 25.6 Å². The summed E-state index contributed by atoms with van der Waals surface area (Å²) in [4.78, 5) is 12.4. The van der Waals surface area contributed by atoms with Gasteiger partial charge in [0.2, 0.25) is 5.91 Å². The van der Waals surface area contributed by atoms with Gasteiger partial charge >= 0.3 is 0 Å². The van der Waals surface area contributed by atoms with Crippen molar-refractivity contribution < 1.29 is 19.4 Å². The summed E-state index contributed by atoms with van der Waals surface area (Å²) in [5.41, 5.74) is 4.27. The first-order valence-electron chi connectivity index (χ1n) is 6.93. The highest BCUT2D eigenvalue weighted by Crippen LogP contribution is 2.30. The minimum absolute atomic E-state index is 0.0779. The fraction of sp³-hybridized carbons (Fsp3) is 0.923. The van der Waals surface area contributed by atoms with Gasteiger partial charge in [-0.2, -0.15) is 0 Å². The van der Waals surface area contributed by atoms with Gasteiger partial charge in [-0.3, -0.25) is 4.79 Å². The second-order valence-electron chi connectivity index (χ2n) is 5.65. The number of carbonyl (C=O) groups is 1. The van der Waals surface area contributed by atoms with Crippen molar-refractivity contribution in [1.82, 2.24) is 5.32 Å². The van der Waals surface area contributed by atoms with Crippen molar-refractivity contribution in [2.45, 2.75) is 37.9 Å². The summed E-state index contributed by atoms with van der Waals surface area (Å²) >= 11 is 0. The minimum Gasteiger partial charge on any atom is -0.385 e. The molecule has 110 valence electrons. The van der Waals surface area contributed by atoms with Crippen LogP contribution in [-0.4, -0.2) is 55.6 Å². The third-order valence-corrected chi connectivity index (χ3v) is 4.54. The van der Waals surface area contributed by atoms with E-state index >= 15 is 0 Å². The first-order chi connectivity index (χ1) is 9.02. The largest absolute Gasteiger partial charge is 0.385 e. The second kappa shape index (κ2) is 5.75. The van der Waals surface area contributed by atoms with E-state index in [0.717, 1.165) is 0 Å². The molecule has 0 aliphatic carbocycles. The summed E-state index contributed by atoms with van der Waals surface area (Å²) in [6.07, 6.45) is 1.57. The van der Waals surface area contributed by atoms with E-state index < -0.39 is 11.0 Å². The van der Waals surface area contributed by atoms with Crippen LogP contribution in [0.1, 0.15) is 26.2 Å². The number of nitrogens with one attached hydrogen (secondary N) is 1. The number of amides is 1. The van der Waals surface area contributed by atoms with Crippen molar-refractivity contribution in [3.05, 3.63) is 0 Å². The van der Waals surface area contributed by atoms with Crippen molar-refractivity contribution in [3.63, 3.8) is 0 Å². The molecule has 2 unspecified atom stereocenters. The number of carbonyl (C=O) groups excluding carboxylic acids is 1. The molecule has 2 atom stereocenters. The van der Waals surface area contributed by atoms with Gasteiger partial charge in [-0.15, -0.1) is 0 Å². The lowest BCUT2D eigenvalue weighted by molar-refractivity contribution is -0.137. The normalized spacial score (nSPS) is 34.2. The molecular formula is C13H24N2O4. The van der Waals surface area contributed by atoms with Crippen LogP contribution in [0.2, 0.25) is 0 Å². The maximum Gasteiger partial charge on any atom is 0.227 e. The van der Waals surface area contributed by atoms with E-state index in [2.05, 4.69) is 5.32 Å². The second-order valence-corrected chi connectivity index (χ2v) is 5.65. The number of hydrogen-bond donors (Lipinski definition) is 3. The monoisotopic (exact) mass is 272 g/mol. The summed E-state index contributed by atoms with van der Waals surface area (Å²) in [5, 5.41) is 13.2. The summed E-state index contributed by atoms with van der Waals surface area (Å²) in [7, 11) is 0. The maximum atomic E-state index is 12.4. The van der Waals surface area contributed by atoms with E-state index in [1.807, 2.05) is 6.92 Å². The number of rotatable bonds is 4. The predicted molar refractivity (Wildman–Crippen MR) is 69.5 cm³/mol. The highest BCUT2D eigenvalue weighted by Gasteiger charge is 2.43. The maximum absolute atomic E-state index is 12.4. The molecule has 2 heterocycles. The number of ether oxygens (including phenoxy) is 2. The lowest BCUT2D eigenvalue weighted by Gasteiger charge is -2.36. The standard InChI is InChI=1S/C13H24N2O4/c1-10-13(17,4-7-19-10)9-15-11(16)12(8-14)2-5-18-6-3-12/h10,17H,2-9,14H2,1H3,(H,15,16). The van der Waals surface area contributed by atoms with Gasteiger partial charge in [0.25, 0.3) is 0 Å². The molecule has 2 saturated heterocycles. The minimum atomic E-state index is -0.962. The summed E-state index contributed by atoms with van der Waals surface area (Å²) < 4.78 is 10.6. The molecule has 4 N–H and O–H groups in total. The summed E-state index contributed by atoms with van der Waals surface area (Å²) in [5.74, 6) is -0.0779.